The summed E-state index contributed by atoms with van der Waals surface area (Å²) in [6.07, 6.45) is 0. The highest BCUT2D eigenvalue weighted by Crippen LogP contribution is 2.29. The summed E-state index contributed by atoms with van der Waals surface area (Å²) in [5, 5.41) is 5.83. The summed E-state index contributed by atoms with van der Waals surface area (Å²) in [5.74, 6) is 0. The molecule has 152 valence electrons. The number of carbonyl (C=O) groups excluding carboxylic acids is 1. The van der Waals surface area contributed by atoms with Crippen LogP contribution < -0.4 is 10.6 Å². The summed E-state index contributed by atoms with van der Waals surface area (Å²) in [6, 6.07) is 13.6. The standard InChI is InChI=1S/C19H21N5O3S2/c1-23-9-11-24(12-10-23)29(26,27)15-7-8-16-17(13-15)28-19(21-16)22-18(25)20-14-5-3-2-4-6-14/h2-8,13H,9-12H2,1H3,(H2,20,21,22,25). The minimum absolute atomic E-state index is 0.249. The molecule has 1 saturated heterocycles. The first-order valence-corrected chi connectivity index (χ1v) is 11.4. The van der Waals surface area contributed by atoms with Crippen molar-refractivity contribution in [1.29, 1.82) is 0 Å². The fraction of sp³-hybridized carbons (Fsp3) is 0.263. The summed E-state index contributed by atoms with van der Waals surface area (Å²) in [5.41, 5.74) is 1.31. The Morgan fingerprint density at radius 1 is 1.03 bits per heavy atom. The van der Waals surface area contributed by atoms with Crippen molar-refractivity contribution < 1.29 is 13.2 Å². The predicted octanol–water partition coefficient (Wildman–Crippen LogP) is 2.88. The summed E-state index contributed by atoms with van der Waals surface area (Å²) >= 11 is 1.24. The maximum Gasteiger partial charge on any atom is 0.325 e. The van der Waals surface area contributed by atoms with Crippen molar-refractivity contribution in [2.45, 2.75) is 4.90 Å². The second-order valence-electron chi connectivity index (χ2n) is 6.80. The van der Waals surface area contributed by atoms with Crippen molar-refractivity contribution in [3.63, 3.8) is 0 Å². The fourth-order valence-corrected chi connectivity index (χ4v) is 5.50. The number of carbonyl (C=O) groups is 1. The molecule has 0 saturated carbocycles. The zero-order chi connectivity index (χ0) is 20.4. The number of nitrogens with zero attached hydrogens (tertiary/aromatic N) is 3. The Kier molecular flexibility index (Phi) is 5.50. The molecule has 1 fully saturated rings. The molecule has 2 amide bonds. The largest absolute Gasteiger partial charge is 0.325 e. The van der Waals surface area contributed by atoms with Gasteiger partial charge in [0, 0.05) is 31.9 Å². The highest BCUT2D eigenvalue weighted by atomic mass is 32.2. The van der Waals surface area contributed by atoms with Crippen molar-refractivity contribution in [2.24, 2.45) is 0 Å². The van der Waals surface area contributed by atoms with Crippen LogP contribution in [0.2, 0.25) is 0 Å². The molecule has 0 bridgehead atoms. The highest BCUT2D eigenvalue weighted by molar-refractivity contribution is 7.89. The number of likely N-dealkylation sites (N-methyl/N-ethyl adjacent to an activating group) is 1. The number of anilines is 2. The van der Waals surface area contributed by atoms with Crippen LogP contribution in [0.3, 0.4) is 0 Å². The van der Waals surface area contributed by atoms with Crippen LogP contribution in [0.1, 0.15) is 0 Å². The van der Waals surface area contributed by atoms with Gasteiger partial charge in [0.25, 0.3) is 0 Å². The Labute approximate surface area is 173 Å². The Hall–Kier alpha value is -2.53. The number of amides is 2. The molecule has 0 spiro atoms. The lowest BCUT2D eigenvalue weighted by Crippen LogP contribution is -2.46. The number of sulfonamides is 1. The van der Waals surface area contributed by atoms with E-state index < -0.39 is 16.1 Å². The van der Waals surface area contributed by atoms with Gasteiger partial charge in [-0.1, -0.05) is 29.5 Å². The van der Waals surface area contributed by atoms with E-state index in [1.54, 1.807) is 30.3 Å². The van der Waals surface area contributed by atoms with Crippen LogP contribution in [0.25, 0.3) is 10.2 Å². The molecule has 0 radical (unpaired) electrons. The smallest absolute Gasteiger partial charge is 0.308 e. The molecule has 0 aliphatic carbocycles. The van der Waals surface area contributed by atoms with E-state index in [2.05, 4.69) is 20.5 Å². The molecule has 29 heavy (non-hydrogen) atoms. The van der Waals surface area contributed by atoms with Crippen molar-refractivity contribution >= 4 is 48.4 Å². The molecular formula is C19H21N5O3S2. The molecule has 1 aliphatic heterocycles. The third-order valence-electron chi connectivity index (χ3n) is 4.71. The molecule has 10 heteroatoms. The van der Waals surface area contributed by atoms with Crippen LogP contribution >= 0.6 is 11.3 Å². The number of piperazine rings is 1. The monoisotopic (exact) mass is 431 g/mol. The SMILES string of the molecule is CN1CCN(S(=O)(=O)c2ccc3nc(NC(=O)Nc4ccccc4)sc3c2)CC1. The van der Waals surface area contributed by atoms with Gasteiger partial charge in [0.1, 0.15) is 0 Å². The second kappa shape index (κ2) is 8.07. The number of rotatable bonds is 4. The van der Waals surface area contributed by atoms with E-state index in [9.17, 15) is 13.2 Å². The van der Waals surface area contributed by atoms with Crippen molar-refractivity contribution in [3.05, 3.63) is 48.5 Å². The van der Waals surface area contributed by atoms with Crippen molar-refractivity contribution in [2.75, 3.05) is 43.9 Å². The van der Waals surface area contributed by atoms with Gasteiger partial charge < -0.3 is 10.2 Å². The van der Waals surface area contributed by atoms with E-state index >= 15 is 0 Å². The zero-order valence-corrected chi connectivity index (χ0v) is 17.5. The average Bonchev–Trinajstić information content (AvgIpc) is 3.10. The lowest BCUT2D eigenvalue weighted by molar-refractivity contribution is 0.222. The first-order chi connectivity index (χ1) is 13.9. The molecule has 2 N–H and O–H groups in total. The third-order valence-corrected chi connectivity index (χ3v) is 7.54. The van der Waals surface area contributed by atoms with Gasteiger partial charge in [-0.25, -0.2) is 18.2 Å². The number of urea groups is 1. The van der Waals surface area contributed by atoms with E-state index in [1.165, 1.54) is 15.6 Å². The second-order valence-corrected chi connectivity index (χ2v) is 9.77. The number of para-hydroxylation sites is 1. The van der Waals surface area contributed by atoms with Gasteiger partial charge in [-0.3, -0.25) is 5.32 Å². The quantitative estimate of drug-likeness (QED) is 0.662. The Morgan fingerprint density at radius 2 is 1.76 bits per heavy atom. The van der Waals surface area contributed by atoms with E-state index in [-0.39, 0.29) is 4.90 Å². The zero-order valence-electron chi connectivity index (χ0n) is 15.8. The van der Waals surface area contributed by atoms with Crippen LogP contribution in [-0.2, 0) is 10.0 Å². The van der Waals surface area contributed by atoms with E-state index in [0.717, 1.165) is 0 Å². The van der Waals surface area contributed by atoms with Crippen LogP contribution in [0, 0.1) is 0 Å². The number of hydrogen-bond acceptors (Lipinski definition) is 6. The number of fused-ring (bicyclic) bond motifs is 1. The molecule has 4 rings (SSSR count). The van der Waals surface area contributed by atoms with E-state index in [0.29, 0.717) is 47.2 Å². The van der Waals surface area contributed by atoms with Gasteiger partial charge in [0.15, 0.2) is 5.13 Å². The Morgan fingerprint density at radius 3 is 2.48 bits per heavy atom. The summed E-state index contributed by atoms with van der Waals surface area (Å²) < 4.78 is 28.1. The van der Waals surface area contributed by atoms with Gasteiger partial charge in [0.2, 0.25) is 10.0 Å². The number of hydrogen-bond donors (Lipinski definition) is 2. The van der Waals surface area contributed by atoms with Crippen LogP contribution in [0.5, 0.6) is 0 Å². The highest BCUT2D eigenvalue weighted by Gasteiger charge is 2.27. The Bertz CT molecular complexity index is 1120. The number of nitrogens with one attached hydrogen (secondary N) is 2. The first-order valence-electron chi connectivity index (χ1n) is 9.14. The summed E-state index contributed by atoms with van der Waals surface area (Å²) in [6.45, 7) is 2.39. The maximum absolute atomic E-state index is 12.9. The average molecular weight is 432 g/mol. The van der Waals surface area contributed by atoms with Crippen molar-refractivity contribution in [1.82, 2.24) is 14.2 Å². The van der Waals surface area contributed by atoms with Gasteiger partial charge in [-0.05, 0) is 37.4 Å². The van der Waals surface area contributed by atoms with Gasteiger partial charge >= 0.3 is 6.03 Å². The third kappa shape index (κ3) is 4.40. The molecule has 1 aliphatic rings. The number of thiazole rings is 1. The number of benzene rings is 2. The summed E-state index contributed by atoms with van der Waals surface area (Å²) in [7, 11) is -1.56. The molecule has 0 atom stereocenters. The molecular weight excluding hydrogens is 410 g/mol. The lowest BCUT2D eigenvalue weighted by atomic mass is 10.3. The van der Waals surface area contributed by atoms with Crippen LogP contribution in [0.4, 0.5) is 15.6 Å². The normalized spacial score (nSPS) is 16.0. The lowest BCUT2D eigenvalue weighted by Gasteiger charge is -2.31. The van der Waals surface area contributed by atoms with E-state index in [4.69, 9.17) is 0 Å². The molecule has 2 aromatic carbocycles. The molecule has 1 aromatic heterocycles. The maximum atomic E-state index is 12.9. The first kappa shape index (κ1) is 19.8. The van der Waals surface area contributed by atoms with Gasteiger partial charge in [-0.15, -0.1) is 0 Å². The van der Waals surface area contributed by atoms with Gasteiger partial charge in [-0.2, -0.15) is 4.31 Å². The Balaban J connectivity index is 1.51. The van der Waals surface area contributed by atoms with E-state index in [1.807, 2.05) is 25.2 Å². The van der Waals surface area contributed by atoms with Crippen LogP contribution in [0.15, 0.2) is 53.4 Å². The molecule has 8 nitrogen and oxygen atoms in total. The minimum Gasteiger partial charge on any atom is -0.308 e. The topological polar surface area (TPSA) is 94.6 Å². The molecule has 2 heterocycles. The van der Waals surface area contributed by atoms with Crippen LogP contribution in [-0.4, -0.2) is 61.9 Å². The summed E-state index contributed by atoms with van der Waals surface area (Å²) in [4.78, 5) is 18.9. The van der Waals surface area contributed by atoms with Gasteiger partial charge in [0.05, 0.1) is 15.1 Å². The fourth-order valence-electron chi connectivity index (χ4n) is 3.08. The minimum atomic E-state index is -3.55. The predicted molar refractivity (Wildman–Crippen MR) is 115 cm³/mol. The molecule has 3 aromatic rings. The molecule has 0 unspecified atom stereocenters. The van der Waals surface area contributed by atoms with Crippen molar-refractivity contribution in [3.8, 4) is 0 Å². The number of aromatic nitrogens is 1.